The lowest BCUT2D eigenvalue weighted by Gasteiger charge is -2.12. The lowest BCUT2D eigenvalue weighted by molar-refractivity contribution is -0.116. The molecule has 2 heterocycles. The van der Waals surface area contributed by atoms with Gasteiger partial charge in [0.2, 0.25) is 5.91 Å². The molecule has 5 nitrogen and oxygen atoms in total. The number of carbonyl (C=O) groups excluding carboxylic acids is 2. The fourth-order valence-corrected chi connectivity index (χ4v) is 3.67. The van der Waals surface area contributed by atoms with E-state index in [9.17, 15) is 9.59 Å². The quantitative estimate of drug-likeness (QED) is 0.673. The van der Waals surface area contributed by atoms with Gasteiger partial charge in [-0.1, -0.05) is 17.7 Å². The SMILES string of the molecule is Cl.O=C(CC1CCCN1)Nc1ccc(Cl)c(C(=O)NCc2cccs2)c1. The third-order valence-corrected chi connectivity index (χ3v) is 5.30. The Hall–Kier alpha value is -1.60. The van der Waals surface area contributed by atoms with Crippen molar-refractivity contribution in [2.24, 2.45) is 0 Å². The first-order chi connectivity index (χ1) is 12.1. The van der Waals surface area contributed by atoms with Crippen molar-refractivity contribution >= 4 is 52.8 Å². The number of nitrogens with one attached hydrogen (secondary N) is 3. The molecule has 1 aromatic heterocycles. The maximum absolute atomic E-state index is 12.4. The van der Waals surface area contributed by atoms with E-state index in [1.54, 1.807) is 29.5 Å². The second kappa shape index (κ2) is 9.92. The van der Waals surface area contributed by atoms with Gasteiger partial charge >= 0.3 is 0 Å². The molecular weight excluding hydrogens is 393 g/mol. The number of hydrogen-bond acceptors (Lipinski definition) is 4. The predicted molar refractivity (Wildman–Crippen MR) is 108 cm³/mol. The Bertz CT molecular complexity index is 747. The second-order valence-corrected chi connectivity index (χ2v) is 7.44. The van der Waals surface area contributed by atoms with Gasteiger partial charge < -0.3 is 16.0 Å². The van der Waals surface area contributed by atoms with E-state index in [1.807, 2.05) is 17.5 Å². The largest absolute Gasteiger partial charge is 0.347 e. The fraction of sp³-hybridized carbons (Fsp3) is 0.333. The number of carbonyl (C=O) groups is 2. The molecule has 1 aromatic carbocycles. The molecule has 140 valence electrons. The lowest BCUT2D eigenvalue weighted by atomic mass is 10.1. The minimum atomic E-state index is -0.257. The number of rotatable bonds is 6. The molecule has 1 fully saturated rings. The highest BCUT2D eigenvalue weighted by atomic mass is 35.5. The van der Waals surface area contributed by atoms with Crippen molar-refractivity contribution in [3.05, 3.63) is 51.2 Å². The molecule has 2 aromatic rings. The highest BCUT2D eigenvalue weighted by molar-refractivity contribution is 7.09. The normalized spacial score (nSPS) is 16.0. The van der Waals surface area contributed by atoms with Gasteiger partial charge in [0.15, 0.2) is 0 Å². The van der Waals surface area contributed by atoms with Crippen LogP contribution in [-0.4, -0.2) is 24.4 Å². The van der Waals surface area contributed by atoms with Crippen molar-refractivity contribution in [1.82, 2.24) is 10.6 Å². The minimum Gasteiger partial charge on any atom is -0.347 e. The maximum atomic E-state index is 12.4. The number of thiophene rings is 1. The van der Waals surface area contributed by atoms with Crippen molar-refractivity contribution in [3.63, 3.8) is 0 Å². The molecule has 0 radical (unpaired) electrons. The molecule has 3 rings (SSSR count). The van der Waals surface area contributed by atoms with Gasteiger partial charge in [-0.3, -0.25) is 9.59 Å². The molecule has 1 saturated heterocycles. The van der Waals surface area contributed by atoms with Crippen LogP contribution in [-0.2, 0) is 11.3 Å². The summed E-state index contributed by atoms with van der Waals surface area (Å²) in [6, 6.07) is 9.09. The number of hydrogen-bond donors (Lipinski definition) is 3. The highest BCUT2D eigenvalue weighted by Crippen LogP contribution is 2.21. The topological polar surface area (TPSA) is 70.2 Å². The van der Waals surface area contributed by atoms with E-state index >= 15 is 0 Å². The van der Waals surface area contributed by atoms with Crippen LogP contribution in [0.5, 0.6) is 0 Å². The summed E-state index contributed by atoms with van der Waals surface area (Å²) in [5.74, 6) is -0.321. The standard InChI is InChI=1S/C18H20ClN3O2S.ClH/c19-16-6-5-13(22-17(23)10-12-3-1-7-20-12)9-15(16)18(24)21-11-14-4-2-8-25-14;/h2,4-6,8-9,12,20H,1,3,7,10-11H2,(H,21,24)(H,22,23);1H. The third-order valence-electron chi connectivity index (χ3n) is 4.09. The first-order valence-corrected chi connectivity index (χ1v) is 9.51. The monoisotopic (exact) mass is 413 g/mol. The van der Waals surface area contributed by atoms with Gasteiger partial charge in [-0.2, -0.15) is 0 Å². The third kappa shape index (κ3) is 5.71. The van der Waals surface area contributed by atoms with Crippen molar-refractivity contribution < 1.29 is 9.59 Å². The summed E-state index contributed by atoms with van der Waals surface area (Å²) >= 11 is 7.73. The van der Waals surface area contributed by atoms with Crippen LogP contribution in [0.1, 0.15) is 34.5 Å². The van der Waals surface area contributed by atoms with E-state index in [2.05, 4.69) is 16.0 Å². The number of benzene rings is 1. The Morgan fingerprint density at radius 1 is 1.31 bits per heavy atom. The molecule has 1 aliphatic rings. The van der Waals surface area contributed by atoms with Crippen LogP contribution in [0.3, 0.4) is 0 Å². The van der Waals surface area contributed by atoms with E-state index in [-0.39, 0.29) is 30.3 Å². The van der Waals surface area contributed by atoms with Crippen molar-refractivity contribution in [1.29, 1.82) is 0 Å². The van der Waals surface area contributed by atoms with E-state index in [0.29, 0.717) is 29.2 Å². The molecule has 2 amide bonds. The summed E-state index contributed by atoms with van der Waals surface area (Å²) in [6.45, 7) is 1.42. The molecule has 0 spiro atoms. The molecule has 1 unspecified atom stereocenters. The van der Waals surface area contributed by atoms with E-state index in [4.69, 9.17) is 11.6 Å². The Morgan fingerprint density at radius 2 is 2.15 bits per heavy atom. The molecule has 1 aliphatic heterocycles. The first kappa shape index (κ1) is 20.7. The highest BCUT2D eigenvalue weighted by Gasteiger charge is 2.18. The molecular formula is C18H21Cl2N3O2S. The average Bonchev–Trinajstić information content (AvgIpc) is 3.28. The summed E-state index contributed by atoms with van der Waals surface area (Å²) in [4.78, 5) is 25.6. The zero-order valence-electron chi connectivity index (χ0n) is 14.1. The predicted octanol–water partition coefficient (Wildman–Crippen LogP) is 3.83. The Balaban J connectivity index is 0.00000243. The molecule has 0 saturated carbocycles. The van der Waals surface area contributed by atoms with Crippen molar-refractivity contribution in [2.45, 2.75) is 31.8 Å². The van der Waals surface area contributed by atoms with Crippen LogP contribution in [0.25, 0.3) is 0 Å². The molecule has 1 atom stereocenters. The summed E-state index contributed by atoms with van der Waals surface area (Å²) < 4.78 is 0. The van der Waals surface area contributed by atoms with Gasteiger partial charge in [-0.15, -0.1) is 23.7 Å². The van der Waals surface area contributed by atoms with Gasteiger partial charge in [-0.25, -0.2) is 0 Å². The maximum Gasteiger partial charge on any atom is 0.253 e. The van der Waals surface area contributed by atoms with Crippen LogP contribution in [0.15, 0.2) is 35.7 Å². The van der Waals surface area contributed by atoms with Crippen LogP contribution in [0, 0.1) is 0 Å². The molecule has 0 bridgehead atoms. The van der Waals surface area contributed by atoms with E-state index in [0.717, 1.165) is 24.3 Å². The van der Waals surface area contributed by atoms with Crippen LogP contribution >= 0.6 is 35.3 Å². The summed E-state index contributed by atoms with van der Waals surface area (Å²) in [6.07, 6.45) is 2.56. The fourth-order valence-electron chi connectivity index (χ4n) is 2.82. The molecule has 3 N–H and O–H groups in total. The minimum absolute atomic E-state index is 0. The van der Waals surface area contributed by atoms with E-state index < -0.39 is 0 Å². The summed E-state index contributed by atoms with van der Waals surface area (Å²) in [5.41, 5.74) is 0.934. The van der Waals surface area contributed by atoms with E-state index in [1.165, 1.54) is 0 Å². The summed E-state index contributed by atoms with van der Waals surface area (Å²) in [5, 5.41) is 11.3. The van der Waals surface area contributed by atoms with Crippen LogP contribution < -0.4 is 16.0 Å². The van der Waals surface area contributed by atoms with Gasteiger partial charge in [0.25, 0.3) is 5.91 Å². The first-order valence-electron chi connectivity index (χ1n) is 8.25. The summed E-state index contributed by atoms with van der Waals surface area (Å²) in [7, 11) is 0. The lowest BCUT2D eigenvalue weighted by Crippen LogP contribution is -2.27. The average molecular weight is 414 g/mol. The zero-order chi connectivity index (χ0) is 17.6. The Morgan fingerprint density at radius 3 is 2.85 bits per heavy atom. The van der Waals surface area contributed by atoms with Gasteiger partial charge in [0, 0.05) is 23.0 Å². The van der Waals surface area contributed by atoms with Gasteiger partial charge in [-0.05, 0) is 49.0 Å². The smallest absolute Gasteiger partial charge is 0.253 e. The van der Waals surface area contributed by atoms with Crippen LogP contribution in [0.2, 0.25) is 5.02 Å². The second-order valence-electron chi connectivity index (χ2n) is 6.00. The Kier molecular flexibility index (Phi) is 7.90. The van der Waals surface area contributed by atoms with Gasteiger partial charge in [0.05, 0.1) is 17.1 Å². The van der Waals surface area contributed by atoms with Crippen LogP contribution in [0.4, 0.5) is 5.69 Å². The number of anilines is 1. The molecule has 8 heteroatoms. The molecule has 0 aliphatic carbocycles. The Labute approximate surface area is 167 Å². The molecule has 26 heavy (non-hydrogen) atoms. The van der Waals surface area contributed by atoms with Crippen molar-refractivity contribution in [2.75, 3.05) is 11.9 Å². The van der Waals surface area contributed by atoms with Gasteiger partial charge in [0.1, 0.15) is 0 Å². The number of halogens is 2. The van der Waals surface area contributed by atoms with Crippen molar-refractivity contribution in [3.8, 4) is 0 Å². The number of amides is 2. The zero-order valence-corrected chi connectivity index (χ0v) is 16.5.